The molecule has 1 amide bonds. The summed E-state index contributed by atoms with van der Waals surface area (Å²) < 4.78 is -0.244. The van der Waals surface area contributed by atoms with Gasteiger partial charge in [0, 0.05) is 10.0 Å². The van der Waals surface area contributed by atoms with E-state index in [-0.39, 0.29) is 9.83 Å². The number of nitrogens with two attached hydrogens (primary N) is 1. The predicted octanol–water partition coefficient (Wildman–Crippen LogP) is 2.82. The van der Waals surface area contributed by atoms with E-state index in [9.17, 15) is 4.79 Å². The van der Waals surface area contributed by atoms with Gasteiger partial charge >= 0.3 is 0 Å². The molecule has 0 radical (unpaired) electrons. The van der Waals surface area contributed by atoms with Crippen molar-refractivity contribution in [3.8, 4) is 0 Å². The van der Waals surface area contributed by atoms with Crippen LogP contribution in [-0.4, -0.2) is 9.83 Å². The molecule has 1 rings (SSSR count). The lowest BCUT2D eigenvalue weighted by Crippen LogP contribution is -2.24. The summed E-state index contributed by atoms with van der Waals surface area (Å²) in [6, 6.07) is 5.20. The quantitative estimate of drug-likeness (QED) is 0.665. The van der Waals surface area contributed by atoms with Crippen LogP contribution < -0.4 is 5.73 Å². The van der Waals surface area contributed by atoms with E-state index < -0.39 is 0 Å². The summed E-state index contributed by atoms with van der Waals surface area (Å²) >= 11 is 13.7. The summed E-state index contributed by atoms with van der Waals surface area (Å²) in [6.45, 7) is 0. The molecule has 2 nitrogen and oxygen atoms in total. The standard InChI is InChI=1S/C9H8Cl2INO/c10-6-2-1-5(7(11)4-6)3-8(12)9(13)14/h1-2,4,8H,3H2,(H2,13,14). The fourth-order valence-corrected chi connectivity index (χ4v) is 1.94. The minimum atomic E-state index is -0.336. The van der Waals surface area contributed by atoms with Crippen LogP contribution in [0.1, 0.15) is 5.56 Å². The summed E-state index contributed by atoms with van der Waals surface area (Å²) in [5.41, 5.74) is 6.03. The Labute approximate surface area is 106 Å². The van der Waals surface area contributed by atoms with E-state index in [1.165, 1.54) is 0 Å². The van der Waals surface area contributed by atoms with Crippen LogP contribution in [0.2, 0.25) is 10.0 Å². The zero-order chi connectivity index (χ0) is 10.7. The first-order valence-electron chi connectivity index (χ1n) is 3.88. The minimum Gasteiger partial charge on any atom is -0.369 e. The molecule has 0 aliphatic heterocycles. The molecule has 0 saturated heterocycles. The van der Waals surface area contributed by atoms with Crippen LogP contribution in [0.3, 0.4) is 0 Å². The van der Waals surface area contributed by atoms with Gasteiger partial charge < -0.3 is 5.73 Å². The zero-order valence-corrected chi connectivity index (χ0v) is 10.8. The lowest BCUT2D eigenvalue weighted by Gasteiger charge is -2.07. The lowest BCUT2D eigenvalue weighted by atomic mass is 10.1. The molecule has 76 valence electrons. The summed E-state index contributed by atoms with van der Waals surface area (Å²) in [5.74, 6) is -0.336. The molecule has 0 bridgehead atoms. The second-order valence-electron chi connectivity index (χ2n) is 2.81. The van der Waals surface area contributed by atoms with Crippen LogP contribution in [-0.2, 0) is 11.2 Å². The average molecular weight is 344 g/mol. The highest BCUT2D eigenvalue weighted by Crippen LogP contribution is 2.23. The van der Waals surface area contributed by atoms with Gasteiger partial charge in [0.25, 0.3) is 0 Å². The van der Waals surface area contributed by atoms with Gasteiger partial charge in [-0.15, -0.1) is 0 Å². The number of carbonyl (C=O) groups is 1. The van der Waals surface area contributed by atoms with Gasteiger partial charge in [0.1, 0.15) is 0 Å². The molecule has 0 heterocycles. The maximum atomic E-state index is 10.8. The van der Waals surface area contributed by atoms with Crippen molar-refractivity contribution in [2.24, 2.45) is 5.73 Å². The number of primary amides is 1. The van der Waals surface area contributed by atoms with Gasteiger partial charge in [-0.05, 0) is 24.1 Å². The third kappa shape index (κ3) is 3.29. The Kier molecular flexibility index (Phi) is 4.47. The molecule has 2 N–H and O–H groups in total. The molecule has 1 aromatic carbocycles. The number of halogens is 3. The molecule has 0 aliphatic rings. The predicted molar refractivity (Wildman–Crippen MR) is 67.2 cm³/mol. The highest BCUT2D eigenvalue weighted by Gasteiger charge is 2.13. The second-order valence-corrected chi connectivity index (χ2v) is 5.16. The SMILES string of the molecule is NC(=O)C(I)Cc1ccc(Cl)cc1Cl. The third-order valence-corrected chi connectivity index (χ3v) is 3.36. The first-order valence-corrected chi connectivity index (χ1v) is 5.88. The van der Waals surface area contributed by atoms with Crippen LogP contribution in [0, 0.1) is 0 Å². The van der Waals surface area contributed by atoms with Crippen LogP contribution in [0.15, 0.2) is 18.2 Å². The number of hydrogen-bond donors (Lipinski definition) is 1. The van der Waals surface area contributed by atoms with Gasteiger partial charge in [-0.3, -0.25) is 4.79 Å². The Morgan fingerprint density at radius 1 is 1.50 bits per heavy atom. The number of hydrogen-bond acceptors (Lipinski definition) is 1. The monoisotopic (exact) mass is 343 g/mol. The Bertz CT molecular complexity index is 357. The zero-order valence-electron chi connectivity index (χ0n) is 7.14. The Morgan fingerprint density at radius 2 is 2.14 bits per heavy atom. The summed E-state index contributed by atoms with van der Waals surface area (Å²) in [7, 11) is 0. The largest absolute Gasteiger partial charge is 0.369 e. The van der Waals surface area contributed by atoms with Crippen LogP contribution in [0.5, 0.6) is 0 Å². The second kappa shape index (κ2) is 5.19. The Hall–Kier alpha value is -0.000000000000000111. The van der Waals surface area contributed by atoms with Crippen molar-refractivity contribution in [2.75, 3.05) is 0 Å². The third-order valence-electron chi connectivity index (χ3n) is 1.72. The molecule has 1 aromatic rings. The summed E-state index contributed by atoms with van der Waals surface area (Å²) in [6.07, 6.45) is 0.534. The highest BCUT2D eigenvalue weighted by molar-refractivity contribution is 14.1. The van der Waals surface area contributed by atoms with Crippen molar-refractivity contribution in [2.45, 2.75) is 10.3 Å². The van der Waals surface area contributed by atoms with E-state index in [4.69, 9.17) is 28.9 Å². The van der Waals surface area contributed by atoms with Crippen molar-refractivity contribution >= 4 is 51.7 Å². The molecular weight excluding hydrogens is 336 g/mol. The maximum Gasteiger partial charge on any atom is 0.230 e. The molecule has 0 aromatic heterocycles. The fraction of sp³-hybridized carbons (Fsp3) is 0.222. The van der Waals surface area contributed by atoms with E-state index in [0.717, 1.165) is 5.56 Å². The van der Waals surface area contributed by atoms with E-state index >= 15 is 0 Å². The molecule has 0 fully saturated rings. The van der Waals surface area contributed by atoms with Gasteiger partial charge in [-0.2, -0.15) is 0 Å². The van der Waals surface area contributed by atoms with Crippen molar-refractivity contribution < 1.29 is 4.79 Å². The van der Waals surface area contributed by atoms with Crippen molar-refractivity contribution in [3.63, 3.8) is 0 Å². The van der Waals surface area contributed by atoms with Gasteiger partial charge in [0.15, 0.2) is 0 Å². The number of benzene rings is 1. The van der Waals surface area contributed by atoms with Crippen LogP contribution >= 0.6 is 45.8 Å². The van der Waals surface area contributed by atoms with E-state index in [2.05, 4.69) is 0 Å². The smallest absolute Gasteiger partial charge is 0.230 e. The molecule has 1 atom stereocenters. The number of amides is 1. The van der Waals surface area contributed by atoms with Crippen molar-refractivity contribution in [3.05, 3.63) is 33.8 Å². The summed E-state index contributed by atoms with van der Waals surface area (Å²) in [5, 5.41) is 1.16. The highest BCUT2D eigenvalue weighted by atomic mass is 127. The minimum absolute atomic E-state index is 0.244. The first kappa shape index (κ1) is 12.1. The topological polar surface area (TPSA) is 43.1 Å². The molecule has 0 aliphatic carbocycles. The molecule has 1 unspecified atom stereocenters. The Balaban J connectivity index is 2.82. The number of rotatable bonds is 3. The number of carbonyl (C=O) groups excluding carboxylic acids is 1. The lowest BCUT2D eigenvalue weighted by molar-refractivity contribution is -0.117. The molecule has 0 saturated carbocycles. The Morgan fingerprint density at radius 3 is 2.64 bits per heavy atom. The molecule has 14 heavy (non-hydrogen) atoms. The maximum absolute atomic E-state index is 10.8. The van der Waals surface area contributed by atoms with Crippen molar-refractivity contribution in [1.29, 1.82) is 0 Å². The van der Waals surface area contributed by atoms with E-state index in [0.29, 0.717) is 16.5 Å². The van der Waals surface area contributed by atoms with Gasteiger partial charge in [0.05, 0.1) is 3.92 Å². The van der Waals surface area contributed by atoms with Crippen LogP contribution in [0.25, 0.3) is 0 Å². The number of alkyl halides is 1. The van der Waals surface area contributed by atoms with E-state index in [1.807, 2.05) is 22.6 Å². The van der Waals surface area contributed by atoms with Crippen molar-refractivity contribution in [1.82, 2.24) is 0 Å². The van der Waals surface area contributed by atoms with Gasteiger partial charge in [0.2, 0.25) is 5.91 Å². The molecular formula is C9H8Cl2INO. The first-order chi connectivity index (χ1) is 6.50. The normalized spacial score (nSPS) is 12.5. The van der Waals surface area contributed by atoms with Gasteiger partial charge in [-0.1, -0.05) is 51.9 Å². The van der Waals surface area contributed by atoms with E-state index in [1.54, 1.807) is 18.2 Å². The summed E-state index contributed by atoms with van der Waals surface area (Å²) in [4.78, 5) is 10.8. The van der Waals surface area contributed by atoms with Crippen LogP contribution in [0.4, 0.5) is 0 Å². The molecule has 0 spiro atoms. The molecule has 5 heteroatoms. The average Bonchev–Trinajstić information content (AvgIpc) is 2.09. The fourth-order valence-electron chi connectivity index (χ4n) is 0.981. The van der Waals surface area contributed by atoms with Gasteiger partial charge in [-0.25, -0.2) is 0 Å².